The van der Waals surface area contributed by atoms with Crippen molar-refractivity contribution in [3.63, 3.8) is 0 Å². The van der Waals surface area contributed by atoms with Gasteiger partial charge in [0.25, 0.3) is 11.5 Å². The predicted octanol–water partition coefficient (Wildman–Crippen LogP) is 4.26. The summed E-state index contributed by atoms with van der Waals surface area (Å²) in [5, 5.41) is 4.11. The molecule has 0 spiro atoms. The fraction of sp³-hybridized carbons (Fsp3) is 0.190. The van der Waals surface area contributed by atoms with Gasteiger partial charge in [0.05, 0.1) is 10.9 Å². The summed E-state index contributed by atoms with van der Waals surface area (Å²) in [6.45, 7) is 5.90. The van der Waals surface area contributed by atoms with E-state index in [0.29, 0.717) is 39.2 Å². The molecule has 2 aromatic carbocycles. The second-order valence-electron chi connectivity index (χ2n) is 6.60. The minimum Gasteiger partial charge on any atom is -0.349 e. The van der Waals surface area contributed by atoms with Gasteiger partial charge in [0.2, 0.25) is 0 Å². The largest absolute Gasteiger partial charge is 0.349 e. The zero-order chi connectivity index (χ0) is 20.3. The minimum absolute atomic E-state index is 0.0826. The maximum atomic E-state index is 12.6. The molecule has 3 aromatic rings. The number of aromatic amines is 1. The molecule has 3 rings (SSSR count). The first-order valence-corrected chi connectivity index (χ1v) is 9.60. The van der Waals surface area contributed by atoms with Crippen molar-refractivity contribution in [2.45, 2.75) is 25.9 Å². The average Bonchev–Trinajstić information content (AvgIpc) is 2.64. The summed E-state index contributed by atoms with van der Waals surface area (Å²) in [6.07, 6.45) is 2.27. The fourth-order valence-electron chi connectivity index (χ4n) is 3.07. The summed E-state index contributed by atoms with van der Waals surface area (Å²) < 4.78 is 1.72. The first-order valence-electron chi connectivity index (χ1n) is 8.82. The van der Waals surface area contributed by atoms with Crippen LogP contribution in [0.2, 0.25) is 5.02 Å². The molecule has 1 heterocycles. The van der Waals surface area contributed by atoms with E-state index < -0.39 is 0 Å². The van der Waals surface area contributed by atoms with Crippen molar-refractivity contribution in [3.05, 3.63) is 86.4 Å². The zero-order valence-electron chi connectivity index (χ0n) is 15.4. The van der Waals surface area contributed by atoms with Gasteiger partial charge in [-0.2, -0.15) is 0 Å². The summed E-state index contributed by atoms with van der Waals surface area (Å²) in [7, 11) is 0. The summed E-state index contributed by atoms with van der Waals surface area (Å²) in [5.74, 6) is -0.217. The molecule has 5 nitrogen and oxygen atoms in total. The van der Waals surface area contributed by atoms with Gasteiger partial charge in [-0.25, -0.2) is 0 Å². The van der Waals surface area contributed by atoms with Crippen LogP contribution in [0.3, 0.4) is 0 Å². The van der Waals surface area contributed by atoms with Crippen LogP contribution in [0.5, 0.6) is 0 Å². The van der Waals surface area contributed by atoms with Gasteiger partial charge in [-0.15, -0.1) is 6.58 Å². The number of fused-ring (bicyclic) bond motifs is 1. The number of halogens is 1. The first kappa shape index (κ1) is 20.0. The van der Waals surface area contributed by atoms with Crippen LogP contribution < -0.4 is 10.9 Å². The van der Waals surface area contributed by atoms with Crippen LogP contribution in [0.4, 0.5) is 0 Å². The van der Waals surface area contributed by atoms with Gasteiger partial charge in [-0.3, -0.25) is 14.2 Å². The number of carbonyl (C=O) groups excluding carboxylic acids is 1. The molecule has 0 aliphatic carbocycles. The van der Waals surface area contributed by atoms with Crippen molar-refractivity contribution in [1.29, 1.82) is 0 Å². The SMILES string of the molecule is C=CCn1c(=S)[nH]c2cc(C(=O)N[C@H](C)Cc3cccc(Cl)c3)ccc2c1=O. The lowest BCUT2D eigenvalue weighted by molar-refractivity contribution is 0.0940. The van der Waals surface area contributed by atoms with E-state index in [9.17, 15) is 9.59 Å². The van der Waals surface area contributed by atoms with Crippen molar-refractivity contribution >= 4 is 40.6 Å². The van der Waals surface area contributed by atoms with Crippen molar-refractivity contribution < 1.29 is 4.79 Å². The molecule has 1 amide bonds. The summed E-state index contributed by atoms with van der Waals surface area (Å²) in [5.41, 5.74) is 1.83. The number of amides is 1. The minimum atomic E-state index is -0.217. The molecule has 1 atom stereocenters. The standard InChI is InChI=1S/C21H20ClN3O2S/c1-3-9-25-20(27)17-8-7-15(12-18(17)24-21(25)28)19(26)23-13(2)10-14-5-4-6-16(22)11-14/h3-8,11-13H,1,9-10H2,2H3,(H,23,26)(H,24,28)/t13-/m1/s1. The molecule has 0 fully saturated rings. The summed E-state index contributed by atoms with van der Waals surface area (Å²) >= 11 is 11.3. The third-order valence-electron chi connectivity index (χ3n) is 4.36. The highest BCUT2D eigenvalue weighted by molar-refractivity contribution is 7.71. The Bertz CT molecular complexity index is 1170. The van der Waals surface area contributed by atoms with E-state index >= 15 is 0 Å². The quantitative estimate of drug-likeness (QED) is 0.468. The average molecular weight is 414 g/mol. The van der Waals surface area contributed by atoms with Crippen molar-refractivity contribution in [1.82, 2.24) is 14.9 Å². The fourth-order valence-corrected chi connectivity index (χ4v) is 3.55. The number of aromatic nitrogens is 2. The molecule has 0 aliphatic rings. The lowest BCUT2D eigenvalue weighted by Crippen LogP contribution is -2.34. The van der Waals surface area contributed by atoms with Crippen molar-refractivity contribution in [3.8, 4) is 0 Å². The lowest BCUT2D eigenvalue weighted by Gasteiger charge is -2.14. The lowest BCUT2D eigenvalue weighted by atomic mass is 10.1. The monoisotopic (exact) mass is 413 g/mol. The van der Waals surface area contributed by atoms with E-state index in [-0.39, 0.29) is 17.5 Å². The number of hydrogen-bond donors (Lipinski definition) is 2. The highest BCUT2D eigenvalue weighted by Crippen LogP contribution is 2.14. The van der Waals surface area contributed by atoms with Gasteiger partial charge < -0.3 is 10.3 Å². The molecular weight excluding hydrogens is 394 g/mol. The van der Waals surface area contributed by atoms with Gasteiger partial charge >= 0.3 is 0 Å². The molecule has 0 saturated carbocycles. The van der Waals surface area contributed by atoms with Crippen LogP contribution in [0.15, 0.2) is 59.9 Å². The van der Waals surface area contributed by atoms with Crippen LogP contribution in [-0.4, -0.2) is 21.5 Å². The highest BCUT2D eigenvalue weighted by atomic mass is 35.5. The Labute approximate surface area is 172 Å². The molecule has 7 heteroatoms. The molecule has 2 N–H and O–H groups in total. The van der Waals surface area contributed by atoms with Gasteiger partial charge in [0.1, 0.15) is 0 Å². The van der Waals surface area contributed by atoms with Crippen LogP contribution in [0.1, 0.15) is 22.8 Å². The Hall–Kier alpha value is -2.70. The van der Waals surface area contributed by atoms with E-state index in [1.54, 1.807) is 24.3 Å². The summed E-state index contributed by atoms with van der Waals surface area (Å²) in [6, 6.07) is 12.4. The normalized spacial score (nSPS) is 11.9. The third kappa shape index (κ3) is 4.40. The van der Waals surface area contributed by atoms with Gasteiger partial charge in [-0.1, -0.05) is 29.8 Å². The number of nitrogens with one attached hydrogen (secondary N) is 2. The van der Waals surface area contributed by atoms with E-state index in [0.717, 1.165) is 5.56 Å². The Kier molecular flexibility index (Phi) is 6.11. The molecule has 144 valence electrons. The predicted molar refractivity (Wildman–Crippen MR) is 116 cm³/mol. The number of rotatable bonds is 6. The molecular formula is C21H20ClN3O2S. The van der Waals surface area contributed by atoms with Gasteiger partial charge in [-0.05, 0) is 61.5 Å². The molecule has 0 unspecified atom stereocenters. The van der Waals surface area contributed by atoms with Gasteiger partial charge in [0, 0.05) is 23.2 Å². The molecule has 0 radical (unpaired) electrons. The number of allylic oxidation sites excluding steroid dienone is 1. The second kappa shape index (κ2) is 8.54. The number of H-pyrrole nitrogens is 1. The zero-order valence-corrected chi connectivity index (χ0v) is 16.9. The van der Waals surface area contributed by atoms with Crippen molar-refractivity contribution in [2.24, 2.45) is 0 Å². The van der Waals surface area contributed by atoms with E-state index in [1.807, 2.05) is 31.2 Å². The Morgan fingerprint density at radius 2 is 2.14 bits per heavy atom. The number of benzene rings is 2. The van der Waals surface area contributed by atoms with Crippen LogP contribution in [0, 0.1) is 4.77 Å². The van der Waals surface area contributed by atoms with Gasteiger partial charge in [0.15, 0.2) is 4.77 Å². The number of carbonyl (C=O) groups is 1. The third-order valence-corrected chi connectivity index (χ3v) is 4.92. The first-order chi connectivity index (χ1) is 13.4. The van der Waals surface area contributed by atoms with Crippen LogP contribution >= 0.6 is 23.8 Å². The Morgan fingerprint density at radius 3 is 2.86 bits per heavy atom. The molecule has 0 saturated heterocycles. The number of nitrogens with zero attached hydrogens (tertiary/aromatic N) is 1. The molecule has 0 aliphatic heterocycles. The van der Waals surface area contributed by atoms with E-state index in [2.05, 4.69) is 16.9 Å². The van der Waals surface area contributed by atoms with E-state index in [1.165, 1.54) is 4.57 Å². The highest BCUT2D eigenvalue weighted by Gasteiger charge is 2.13. The topological polar surface area (TPSA) is 66.9 Å². The van der Waals surface area contributed by atoms with Crippen LogP contribution in [-0.2, 0) is 13.0 Å². The second-order valence-corrected chi connectivity index (χ2v) is 7.43. The Morgan fingerprint density at radius 1 is 1.36 bits per heavy atom. The smallest absolute Gasteiger partial charge is 0.262 e. The van der Waals surface area contributed by atoms with E-state index in [4.69, 9.17) is 23.8 Å². The summed E-state index contributed by atoms with van der Waals surface area (Å²) in [4.78, 5) is 28.2. The molecule has 0 bridgehead atoms. The van der Waals surface area contributed by atoms with Crippen molar-refractivity contribution in [2.75, 3.05) is 0 Å². The number of hydrogen-bond acceptors (Lipinski definition) is 3. The Balaban J connectivity index is 1.82. The van der Waals surface area contributed by atoms with Crippen LogP contribution in [0.25, 0.3) is 10.9 Å². The maximum Gasteiger partial charge on any atom is 0.262 e. The molecule has 1 aromatic heterocycles. The maximum absolute atomic E-state index is 12.6. The molecule has 28 heavy (non-hydrogen) atoms.